The molecule has 0 spiro atoms. The summed E-state index contributed by atoms with van der Waals surface area (Å²) in [5.41, 5.74) is 0.464. The van der Waals surface area contributed by atoms with E-state index < -0.39 is 0 Å². The molecule has 0 saturated carbocycles. The fourth-order valence-electron chi connectivity index (χ4n) is 1.30. The van der Waals surface area contributed by atoms with Gasteiger partial charge in [0.1, 0.15) is 0 Å². The summed E-state index contributed by atoms with van der Waals surface area (Å²) < 4.78 is 0. The first-order valence-corrected chi connectivity index (χ1v) is 5.84. The van der Waals surface area contributed by atoms with Crippen LogP contribution < -0.4 is 10.6 Å². The number of benzene rings is 1. The Labute approximate surface area is 110 Å². The standard InChI is InChI=1S/C11H14Cl2N2O2/c1-6(5-14-2)11(17)15-7-3-8(12)10(16)9(13)4-7/h3-4,6,14,16H,5H2,1-2H3,(H,15,17). The highest BCUT2D eigenvalue weighted by Gasteiger charge is 2.13. The van der Waals surface area contributed by atoms with Crippen molar-refractivity contribution in [1.29, 1.82) is 0 Å². The minimum absolute atomic E-state index is 0.106. The highest BCUT2D eigenvalue weighted by atomic mass is 35.5. The van der Waals surface area contributed by atoms with Crippen molar-refractivity contribution in [2.75, 3.05) is 18.9 Å². The first-order chi connectivity index (χ1) is 7.95. The lowest BCUT2D eigenvalue weighted by Gasteiger charge is -2.12. The maximum atomic E-state index is 11.7. The molecular weight excluding hydrogens is 263 g/mol. The third-order valence-electron chi connectivity index (χ3n) is 2.24. The Morgan fingerprint density at radius 3 is 2.41 bits per heavy atom. The SMILES string of the molecule is CNCC(C)C(=O)Nc1cc(Cl)c(O)c(Cl)c1. The summed E-state index contributed by atoms with van der Waals surface area (Å²) in [5.74, 6) is -0.502. The molecular formula is C11H14Cl2N2O2. The number of nitrogens with one attached hydrogen (secondary N) is 2. The highest BCUT2D eigenvalue weighted by molar-refractivity contribution is 6.37. The maximum Gasteiger partial charge on any atom is 0.228 e. The van der Waals surface area contributed by atoms with E-state index in [4.69, 9.17) is 23.2 Å². The molecule has 0 aliphatic heterocycles. The predicted molar refractivity (Wildman–Crippen MR) is 69.8 cm³/mol. The van der Waals surface area contributed by atoms with Crippen molar-refractivity contribution >= 4 is 34.8 Å². The van der Waals surface area contributed by atoms with Crippen molar-refractivity contribution in [2.24, 2.45) is 5.92 Å². The number of carbonyl (C=O) groups excluding carboxylic acids is 1. The zero-order valence-electron chi connectivity index (χ0n) is 9.55. The topological polar surface area (TPSA) is 61.4 Å². The predicted octanol–water partition coefficient (Wildman–Crippen LogP) is 2.49. The van der Waals surface area contributed by atoms with Crippen LogP contribution in [0.3, 0.4) is 0 Å². The Morgan fingerprint density at radius 1 is 1.41 bits per heavy atom. The van der Waals surface area contributed by atoms with Crippen molar-refractivity contribution in [3.63, 3.8) is 0 Å². The number of hydrogen-bond donors (Lipinski definition) is 3. The quantitative estimate of drug-likeness (QED) is 0.741. The third-order valence-corrected chi connectivity index (χ3v) is 2.82. The van der Waals surface area contributed by atoms with Gasteiger partial charge < -0.3 is 15.7 Å². The summed E-state index contributed by atoms with van der Waals surface area (Å²) in [6.45, 7) is 2.38. The smallest absolute Gasteiger partial charge is 0.228 e. The van der Waals surface area contributed by atoms with Gasteiger partial charge in [0.25, 0.3) is 0 Å². The number of anilines is 1. The molecule has 1 amide bonds. The lowest BCUT2D eigenvalue weighted by molar-refractivity contribution is -0.119. The van der Waals surface area contributed by atoms with Crippen LogP contribution in [0.15, 0.2) is 12.1 Å². The maximum absolute atomic E-state index is 11.7. The summed E-state index contributed by atoms with van der Waals surface area (Å²) >= 11 is 11.5. The van der Waals surface area contributed by atoms with Gasteiger partial charge in [0.05, 0.1) is 10.0 Å². The van der Waals surface area contributed by atoms with Crippen LogP contribution in [-0.2, 0) is 4.79 Å². The molecule has 0 fully saturated rings. The second-order valence-corrected chi connectivity index (χ2v) is 4.55. The van der Waals surface area contributed by atoms with Crippen molar-refractivity contribution in [2.45, 2.75) is 6.92 Å². The van der Waals surface area contributed by atoms with Gasteiger partial charge in [-0.25, -0.2) is 0 Å². The Bertz CT molecular complexity index is 401. The van der Waals surface area contributed by atoms with Crippen molar-refractivity contribution < 1.29 is 9.90 Å². The van der Waals surface area contributed by atoms with Crippen LogP contribution in [0.5, 0.6) is 5.75 Å². The average molecular weight is 277 g/mol. The van der Waals surface area contributed by atoms with Gasteiger partial charge in [-0.2, -0.15) is 0 Å². The van der Waals surface area contributed by atoms with Crippen LogP contribution in [0, 0.1) is 5.92 Å². The van der Waals surface area contributed by atoms with E-state index >= 15 is 0 Å². The second-order valence-electron chi connectivity index (χ2n) is 3.74. The van der Waals surface area contributed by atoms with E-state index in [1.165, 1.54) is 12.1 Å². The Hall–Kier alpha value is -0.970. The Morgan fingerprint density at radius 2 is 1.94 bits per heavy atom. The van der Waals surface area contributed by atoms with Crippen LogP contribution >= 0.6 is 23.2 Å². The molecule has 0 bridgehead atoms. The third kappa shape index (κ3) is 3.77. The summed E-state index contributed by atoms with van der Waals surface area (Å²) in [4.78, 5) is 11.7. The number of carbonyl (C=O) groups is 1. The fourth-order valence-corrected chi connectivity index (χ4v) is 1.79. The molecule has 1 rings (SSSR count). The molecule has 3 N–H and O–H groups in total. The molecule has 0 heterocycles. The molecule has 1 atom stereocenters. The summed E-state index contributed by atoms with van der Waals surface area (Å²) in [7, 11) is 1.78. The number of rotatable bonds is 4. The number of phenols is 1. The molecule has 0 saturated heterocycles. The van der Waals surface area contributed by atoms with E-state index in [0.717, 1.165) is 0 Å². The number of aromatic hydroxyl groups is 1. The monoisotopic (exact) mass is 276 g/mol. The second kappa shape index (κ2) is 6.10. The summed E-state index contributed by atoms with van der Waals surface area (Å²) in [6, 6.07) is 2.90. The zero-order chi connectivity index (χ0) is 13.0. The molecule has 6 heteroatoms. The van der Waals surface area contributed by atoms with E-state index in [2.05, 4.69) is 10.6 Å². The van der Waals surface area contributed by atoms with Crippen LogP contribution in [-0.4, -0.2) is 24.6 Å². The molecule has 94 valence electrons. The molecule has 0 radical (unpaired) electrons. The summed E-state index contributed by atoms with van der Waals surface area (Å²) in [5, 5.41) is 15.2. The fraction of sp³-hybridized carbons (Fsp3) is 0.364. The number of phenolic OH excluding ortho intramolecular Hbond substituents is 1. The molecule has 1 unspecified atom stereocenters. The van der Waals surface area contributed by atoms with E-state index in [-0.39, 0.29) is 27.6 Å². The molecule has 4 nitrogen and oxygen atoms in total. The highest BCUT2D eigenvalue weighted by Crippen LogP contribution is 2.34. The Balaban J connectivity index is 2.79. The van der Waals surface area contributed by atoms with Gasteiger partial charge in [0, 0.05) is 18.2 Å². The number of amides is 1. The summed E-state index contributed by atoms with van der Waals surface area (Å²) in [6.07, 6.45) is 0. The molecule has 0 aromatic heterocycles. The minimum Gasteiger partial charge on any atom is -0.505 e. The average Bonchev–Trinajstić information content (AvgIpc) is 2.26. The van der Waals surface area contributed by atoms with Crippen LogP contribution in [0.25, 0.3) is 0 Å². The van der Waals surface area contributed by atoms with Gasteiger partial charge >= 0.3 is 0 Å². The van der Waals surface area contributed by atoms with Gasteiger partial charge in [-0.1, -0.05) is 30.1 Å². The van der Waals surface area contributed by atoms with E-state index in [9.17, 15) is 9.90 Å². The van der Waals surface area contributed by atoms with E-state index in [0.29, 0.717) is 12.2 Å². The van der Waals surface area contributed by atoms with Crippen molar-refractivity contribution in [3.05, 3.63) is 22.2 Å². The van der Waals surface area contributed by atoms with Gasteiger partial charge in [0.2, 0.25) is 5.91 Å². The lowest BCUT2D eigenvalue weighted by atomic mass is 10.1. The minimum atomic E-state index is -0.186. The molecule has 0 aliphatic rings. The zero-order valence-corrected chi connectivity index (χ0v) is 11.1. The Kier molecular flexibility index (Phi) is 5.05. The van der Waals surface area contributed by atoms with Crippen molar-refractivity contribution in [1.82, 2.24) is 5.32 Å². The number of hydrogen-bond acceptors (Lipinski definition) is 3. The van der Waals surface area contributed by atoms with Crippen LogP contribution in [0.2, 0.25) is 10.0 Å². The molecule has 1 aromatic rings. The van der Waals surface area contributed by atoms with E-state index in [1.54, 1.807) is 14.0 Å². The van der Waals surface area contributed by atoms with Crippen LogP contribution in [0.4, 0.5) is 5.69 Å². The first kappa shape index (κ1) is 14.1. The molecule has 17 heavy (non-hydrogen) atoms. The number of halogens is 2. The van der Waals surface area contributed by atoms with Crippen molar-refractivity contribution in [3.8, 4) is 5.75 Å². The molecule has 1 aromatic carbocycles. The van der Waals surface area contributed by atoms with Gasteiger partial charge in [-0.15, -0.1) is 0 Å². The first-order valence-electron chi connectivity index (χ1n) is 5.09. The van der Waals surface area contributed by atoms with Crippen LogP contribution in [0.1, 0.15) is 6.92 Å². The lowest BCUT2D eigenvalue weighted by Crippen LogP contribution is -2.28. The normalized spacial score (nSPS) is 12.2. The molecule has 0 aliphatic carbocycles. The van der Waals surface area contributed by atoms with Gasteiger partial charge in [-0.3, -0.25) is 4.79 Å². The van der Waals surface area contributed by atoms with Gasteiger partial charge in [-0.05, 0) is 19.2 Å². The largest absolute Gasteiger partial charge is 0.505 e. The van der Waals surface area contributed by atoms with E-state index in [1.807, 2.05) is 0 Å². The van der Waals surface area contributed by atoms with Gasteiger partial charge in [0.15, 0.2) is 5.75 Å².